The summed E-state index contributed by atoms with van der Waals surface area (Å²) in [5.74, 6) is -0.111. The monoisotopic (exact) mass is 266 g/mol. The van der Waals surface area contributed by atoms with Crippen molar-refractivity contribution >= 4 is 5.78 Å². The van der Waals surface area contributed by atoms with Crippen molar-refractivity contribution in [2.45, 2.75) is 46.5 Å². The van der Waals surface area contributed by atoms with Crippen LogP contribution in [0.5, 0.6) is 11.5 Å². The molecule has 106 valence electrons. The Morgan fingerprint density at radius 3 is 2.05 bits per heavy atom. The molecule has 0 aliphatic rings. The van der Waals surface area contributed by atoms with Crippen LogP contribution in [0.2, 0.25) is 0 Å². The number of benzene rings is 1. The van der Waals surface area contributed by atoms with E-state index in [-0.39, 0.29) is 29.5 Å². The molecule has 0 radical (unpaired) electrons. The highest BCUT2D eigenvalue weighted by molar-refractivity contribution is 6.01. The SMILES string of the molecule is Cc1c(C)c(O)c(C(=O)CCCCCO)c(C)c1O. The van der Waals surface area contributed by atoms with E-state index in [1.165, 1.54) is 0 Å². The smallest absolute Gasteiger partial charge is 0.167 e. The van der Waals surface area contributed by atoms with Crippen LogP contribution < -0.4 is 0 Å². The van der Waals surface area contributed by atoms with Gasteiger partial charge in [-0.05, 0) is 44.7 Å². The lowest BCUT2D eigenvalue weighted by Gasteiger charge is -2.15. The quantitative estimate of drug-likeness (QED) is 0.420. The lowest BCUT2D eigenvalue weighted by Crippen LogP contribution is -2.05. The summed E-state index contributed by atoms with van der Waals surface area (Å²) in [7, 11) is 0. The summed E-state index contributed by atoms with van der Waals surface area (Å²) in [6, 6.07) is 0. The molecule has 0 saturated heterocycles. The summed E-state index contributed by atoms with van der Waals surface area (Å²) < 4.78 is 0. The van der Waals surface area contributed by atoms with E-state index in [0.717, 1.165) is 6.42 Å². The lowest BCUT2D eigenvalue weighted by molar-refractivity contribution is 0.0974. The minimum absolute atomic E-state index is 0.0278. The molecule has 0 aliphatic carbocycles. The number of carbonyl (C=O) groups is 1. The molecule has 0 fully saturated rings. The van der Waals surface area contributed by atoms with Crippen molar-refractivity contribution in [3.63, 3.8) is 0 Å². The van der Waals surface area contributed by atoms with Crippen molar-refractivity contribution in [1.29, 1.82) is 0 Å². The topological polar surface area (TPSA) is 77.8 Å². The molecule has 1 aromatic carbocycles. The number of aliphatic hydroxyl groups excluding tert-OH is 1. The van der Waals surface area contributed by atoms with Crippen LogP contribution in [-0.2, 0) is 0 Å². The van der Waals surface area contributed by atoms with Gasteiger partial charge in [0.25, 0.3) is 0 Å². The third-order valence-electron chi connectivity index (χ3n) is 3.58. The highest BCUT2D eigenvalue weighted by atomic mass is 16.3. The van der Waals surface area contributed by atoms with E-state index in [9.17, 15) is 15.0 Å². The fourth-order valence-corrected chi connectivity index (χ4v) is 2.16. The zero-order chi connectivity index (χ0) is 14.6. The first-order valence-corrected chi connectivity index (χ1v) is 6.57. The molecule has 0 aliphatic heterocycles. The highest BCUT2D eigenvalue weighted by Crippen LogP contribution is 2.36. The van der Waals surface area contributed by atoms with Gasteiger partial charge < -0.3 is 15.3 Å². The molecule has 0 aromatic heterocycles. The highest BCUT2D eigenvalue weighted by Gasteiger charge is 2.21. The Kier molecular flexibility index (Phi) is 5.36. The summed E-state index contributed by atoms with van der Waals surface area (Å²) in [6.45, 7) is 5.17. The van der Waals surface area contributed by atoms with Crippen LogP contribution in [0.3, 0.4) is 0 Å². The second-order valence-electron chi connectivity index (χ2n) is 4.90. The van der Waals surface area contributed by atoms with Gasteiger partial charge in [0.2, 0.25) is 0 Å². The van der Waals surface area contributed by atoms with Gasteiger partial charge in [-0.25, -0.2) is 0 Å². The van der Waals surface area contributed by atoms with Crippen LogP contribution in [0.1, 0.15) is 52.7 Å². The van der Waals surface area contributed by atoms with Gasteiger partial charge in [0, 0.05) is 18.6 Å². The molecule has 0 saturated carbocycles. The summed E-state index contributed by atoms with van der Waals surface area (Å²) in [5, 5.41) is 28.7. The van der Waals surface area contributed by atoms with E-state index in [4.69, 9.17) is 5.11 Å². The Morgan fingerprint density at radius 2 is 1.47 bits per heavy atom. The number of phenolic OH excluding ortho intramolecular Hbond substituents is 2. The van der Waals surface area contributed by atoms with Crippen LogP contribution in [0.25, 0.3) is 0 Å². The van der Waals surface area contributed by atoms with Gasteiger partial charge in [-0.15, -0.1) is 0 Å². The number of phenols is 2. The van der Waals surface area contributed by atoms with Crippen LogP contribution in [-0.4, -0.2) is 27.7 Å². The average Bonchev–Trinajstić information content (AvgIpc) is 2.39. The zero-order valence-corrected chi connectivity index (χ0v) is 11.8. The second-order valence-corrected chi connectivity index (χ2v) is 4.90. The Labute approximate surface area is 113 Å². The molecule has 0 amide bonds. The molecule has 0 heterocycles. The van der Waals surface area contributed by atoms with E-state index in [1.54, 1.807) is 20.8 Å². The fourth-order valence-electron chi connectivity index (χ4n) is 2.16. The summed E-state index contributed by atoms with van der Waals surface area (Å²) in [5.41, 5.74) is 1.81. The molecule has 0 spiro atoms. The molecule has 1 aromatic rings. The maximum Gasteiger partial charge on any atom is 0.167 e. The lowest BCUT2D eigenvalue weighted by atomic mass is 9.93. The molecular weight excluding hydrogens is 244 g/mol. The molecule has 0 bridgehead atoms. The number of hydrogen-bond donors (Lipinski definition) is 3. The summed E-state index contributed by atoms with van der Waals surface area (Å²) in [6.07, 6.45) is 2.44. The Bertz CT molecular complexity index is 449. The third-order valence-corrected chi connectivity index (χ3v) is 3.58. The number of Topliss-reactive ketones (excluding diaryl/α,β-unsaturated/α-hetero) is 1. The van der Waals surface area contributed by atoms with Crippen molar-refractivity contribution < 1.29 is 20.1 Å². The van der Waals surface area contributed by atoms with Crippen molar-refractivity contribution in [3.8, 4) is 11.5 Å². The van der Waals surface area contributed by atoms with E-state index < -0.39 is 0 Å². The fraction of sp³-hybridized carbons (Fsp3) is 0.533. The second kappa shape index (κ2) is 6.57. The molecule has 3 N–H and O–H groups in total. The van der Waals surface area contributed by atoms with Crippen molar-refractivity contribution in [2.24, 2.45) is 0 Å². The zero-order valence-electron chi connectivity index (χ0n) is 11.8. The number of unbranched alkanes of at least 4 members (excludes halogenated alkanes) is 2. The Hall–Kier alpha value is -1.55. The number of rotatable bonds is 6. The maximum absolute atomic E-state index is 12.1. The predicted molar refractivity (Wildman–Crippen MR) is 73.9 cm³/mol. The first-order valence-electron chi connectivity index (χ1n) is 6.57. The molecule has 0 atom stereocenters. The van der Waals surface area contributed by atoms with E-state index in [2.05, 4.69) is 0 Å². The Morgan fingerprint density at radius 1 is 0.895 bits per heavy atom. The minimum atomic E-state index is -0.161. The van der Waals surface area contributed by atoms with Crippen molar-refractivity contribution in [2.75, 3.05) is 6.61 Å². The van der Waals surface area contributed by atoms with Gasteiger partial charge in [-0.2, -0.15) is 0 Å². The molecule has 4 nitrogen and oxygen atoms in total. The molecule has 4 heteroatoms. The van der Waals surface area contributed by atoms with Gasteiger partial charge in [0.05, 0.1) is 5.56 Å². The normalized spacial score (nSPS) is 10.7. The summed E-state index contributed by atoms with van der Waals surface area (Å²) >= 11 is 0. The number of aliphatic hydroxyl groups is 1. The van der Waals surface area contributed by atoms with Crippen LogP contribution in [0.4, 0.5) is 0 Å². The van der Waals surface area contributed by atoms with E-state index >= 15 is 0 Å². The van der Waals surface area contributed by atoms with Crippen LogP contribution >= 0.6 is 0 Å². The van der Waals surface area contributed by atoms with Gasteiger partial charge in [0.15, 0.2) is 5.78 Å². The van der Waals surface area contributed by atoms with Crippen LogP contribution in [0.15, 0.2) is 0 Å². The maximum atomic E-state index is 12.1. The number of aromatic hydroxyl groups is 2. The standard InChI is InChI=1S/C15H22O4/c1-9-10(2)15(19)13(11(3)14(9)18)12(17)7-5-4-6-8-16/h16,18-19H,4-8H2,1-3H3. The first-order chi connectivity index (χ1) is 8.91. The predicted octanol–water partition coefficient (Wildman–Crippen LogP) is 2.76. The number of hydrogen-bond acceptors (Lipinski definition) is 4. The number of carbonyl (C=O) groups excluding carboxylic acids is 1. The summed E-state index contributed by atoms with van der Waals surface area (Å²) in [4.78, 5) is 12.1. The minimum Gasteiger partial charge on any atom is -0.507 e. The van der Waals surface area contributed by atoms with Gasteiger partial charge in [-0.3, -0.25) is 4.79 Å². The molecule has 0 unspecified atom stereocenters. The third kappa shape index (κ3) is 3.26. The van der Waals surface area contributed by atoms with Crippen molar-refractivity contribution in [1.82, 2.24) is 0 Å². The van der Waals surface area contributed by atoms with Crippen LogP contribution in [0, 0.1) is 20.8 Å². The van der Waals surface area contributed by atoms with E-state index in [0.29, 0.717) is 36.0 Å². The van der Waals surface area contributed by atoms with E-state index in [1.807, 2.05) is 0 Å². The van der Waals surface area contributed by atoms with Gasteiger partial charge >= 0.3 is 0 Å². The molecule has 19 heavy (non-hydrogen) atoms. The molecular formula is C15H22O4. The largest absolute Gasteiger partial charge is 0.507 e. The average molecular weight is 266 g/mol. The number of ketones is 1. The van der Waals surface area contributed by atoms with Gasteiger partial charge in [-0.1, -0.05) is 6.42 Å². The van der Waals surface area contributed by atoms with Crippen molar-refractivity contribution in [3.05, 3.63) is 22.3 Å². The molecule has 1 rings (SSSR count). The Balaban J connectivity index is 2.97. The first kappa shape index (κ1) is 15.5. The van der Waals surface area contributed by atoms with Gasteiger partial charge in [0.1, 0.15) is 11.5 Å².